The van der Waals surface area contributed by atoms with Crippen LogP contribution in [0, 0.1) is 6.92 Å². The highest BCUT2D eigenvalue weighted by Crippen LogP contribution is 2.17. The highest BCUT2D eigenvalue weighted by atomic mass is 16.2. The van der Waals surface area contributed by atoms with Crippen LogP contribution in [0.5, 0.6) is 0 Å². The number of aromatic nitrogens is 2. The number of carbonyl (C=O) groups excluding carboxylic acids is 2. The Balaban J connectivity index is 1.44. The molecule has 0 unspecified atom stereocenters. The van der Waals surface area contributed by atoms with Gasteiger partial charge in [-0.1, -0.05) is 42.0 Å². The summed E-state index contributed by atoms with van der Waals surface area (Å²) in [5.41, 5.74) is 4.41. The lowest BCUT2D eigenvalue weighted by Gasteiger charge is -2.12. The highest BCUT2D eigenvalue weighted by molar-refractivity contribution is 6.09. The minimum Gasteiger partial charge on any atom is -0.348 e. The molecule has 1 heterocycles. The van der Waals surface area contributed by atoms with Gasteiger partial charge in [0.05, 0.1) is 16.9 Å². The van der Waals surface area contributed by atoms with Crippen LogP contribution in [0.2, 0.25) is 0 Å². The van der Waals surface area contributed by atoms with Gasteiger partial charge in [-0.3, -0.25) is 9.59 Å². The minimum atomic E-state index is -0.286. The summed E-state index contributed by atoms with van der Waals surface area (Å²) < 4.78 is 1.72. The molecule has 0 saturated carbocycles. The van der Waals surface area contributed by atoms with E-state index in [0.29, 0.717) is 23.4 Å². The number of benzene rings is 3. The largest absolute Gasteiger partial charge is 0.348 e. The third-order valence-corrected chi connectivity index (χ3v) is 4.89. The van der Waals surface area contributed by atoms with E-state index in [0.717, 1.165) is 11.3 Å². The molecule has 2 amide bonds. The summed E-state index contributed by atoms with van der Waals surface area (Å²) in [6.07, 6.45) is 3.53. The first kappa shape index (κ1) is 20.1. The maximum absolute atomic E-state index is 12.7. The molecule has 0 radical (unpaired) electrons. The zero-order valence-electron chi connectivity index (χ0n) is 17.1. The predicted molar refractivity (Wildman–Crippen MR) is 120 cm³/mol. The van der Waals surface area contributed by atoms with Crippen LogP contribution in [0.25, 0.3) is 5.69 Å². The van der Waals surface area contributed by atoms with Gasteiger partial charge in [0.2, 0.25) is 0 Å². The number of amides is 2. The van der Waals surface area contributed by atoms with Gasteiger partial charge in [-0.25, -0.2) is 4.68 Å². The van der Waals surface area contributed by atoms with Crippen LogP contribution in [0.3, 0.4) is 0 Å². The number of para-hydroxylation sites is 1. The van der Waals surface area contributed by atoms with Crippen LogP contribution in [-0.4, -0.2) is 21.6 Å². The van der Waals surface area contributed by atoms with E-state index in [4.69, 9.17) is 0 Å². The molecule has 1 aromatic heterocycles. The summed E-state index contributed by atoms with van der Waals surface area (Å²) in [6.45, 7) is 2.43. The highest BCUT2D eigenvalue weighted by Gasteiger charge is 2.14. The van der Waals surface area contributed by atoms with Crippen molar-refractivity contribution in [3.05, 3.63) is 114 Å². The first-order valence-electron chi connectivity index (χ1n) is 9.94. The number of aryl methyl sites for hydroxylation is 1. The number of hydrogen-bond donors (Lipinski definition) is 2. The lowest BCUT2D eigenvalue weighted by atomic mass is 10.1. The van der Waals surface area contributed by atoms with Crippen molar-refractivity contribution in [2.45, 2.75) is 13.5 Å². The van der Waals surface area contributed by atoms with E-state index in [1.807, 2.05) is 55.6 Å². The molecule has 154 valence electrons. The second-order valence-electron chi connectivity index (χ2n) is 7.17. The Kier molecular flexibility index (Phi) is 5.89. The van der Waals surface area contributed by atoms with Gasteiger partial charge >= 0.3 is 0 Å². The van der Waals surface area contributed by atoms with E-state index in [9.17, 15) is 9.59 Å². The van der Waals surface area contributed by atoms with E-state index >= 15 is 0 Å². The molecule has 4 rings (SSSR count). The van der Waals surface area contributed by atoms with E-state index in [1.165, 1.54) is 5.56 Å². The quantitative estimate of drug-likeness (QED) is 0.496. The SMILES string of the molecule is Cc1ccc(CNC(=O)c2ccccc2NC(=O)c2ccc(-n3cccn3)cc2)cc1. The summed E-state index contributed by atoms with van der Waals surface area (Å²) in [6, 6.07) is 23.9. The van der Waals surface area contributed by atoms with Crippen molar-refractivity contribution >= 4 is 17.5 Å². The molecule has 0 aliphatic carbocycles. The lowest BCUT2D eigenvalue weighted by molar-refractivity contribution is 0.0952. The van der Waals surface area contributed by atoms with Crippen molar-refractivity contribution in [2.24, 2.45) is 0 Å². The van der Waals surface area contributed by atoms with Gasteiger partial charge in [-0.05, 0) is 55.0 Å². The molecule has 0 fully saturated rings. The van der Waals surface area contributed by atoms with E-state index in [1.54, 1.807) is 47.3 Å². The minimum absolute atomic E-state index is 0.245. The molecule has 0 atom stereocenters. The molecule has 2 N–H and O–H groups in total. The van der Waals surface area contributed by atoms with Gasteiger partial charge in [0.25, 0.3) is 11.8 Å². The van der Waals surface area contributed by atoms with Crippen LogP contribution >= 0.6 is 0 Å². The number of rotatable bonds is 6. The Bertz CT molecular complexity index is 1180. The topological polar surface area (TPSA) is 76.0 Å². The number of nitrogens with one attached hydrogen (secondary N) is 2. The lowest BCUT2D eigenvalue weighted by Crippen LogP contribution is -2.24. The first-order chi connectivity index (χ1) is 15.1. The van der Waals surface area contributed by atoms with Crippen LogP contribution < -0.4 is 10.6 Å². The summed E-state index contributed by atoms with van der Waals surface area (Å²) in [5.74, 6) is -0.531. The average molecular weight is 410 g/mol. The second kappa shape index (κ2) is 9.09. The van der Waals surface area contributed by atoms with E-state index in [-0.39, 0.29) is 11.8 Å². The number of anilines is 1. The molecule has 6 nitrogen and oxygen atoms in total. The molecule has 4 aromatic rings. The fourth-order valence-corrected chi connectivity index (χ4v) is 3.16. The Hall–Kier alpha value is -4.19. The molecular weight excluding hydrogens is 388 g/mol. The molecular formula is C25H22N4O2. The Morgan fingerprint density at radius 1 is 0.871 bits per heavy atom. The van der Waals surface area contributed by atoms with Crippen molar-refractivity contribution < 1.29 is 9.59 Å². The average Bonchev–Trinajstić information content (AvgIpc) is 3.34. The second-order valence-corrected chi connectivity index (χ2v) is 7.17. The van der Waals surface area contributed by atoms with E-state index < -0.39 is 0 Å². The zero-order chi connectivity index (χ0) is 21.6. The van der Waals surface area contributed by atoms with Gasteiger partial charge < -0.3 is 10.6 Å². The smallest absolute Gasteiger partial charge is 0.255 e. The van der Waals surface area contributed by atoms with Crippen molar-refractivity contribution in [3.63, 3.8) is 0 Å². The Morgan fingerprint density at radius 3 is 2.32 bits per heavy atom. The van der Waals surface area contributed by atoms with Crippen LogP contribution in [0.4, 0.5) is 5.69 Å². The molecule has 0 aliphatic rings. The molecule has 0 spiro atoms. The van der Waals surface area contributed by atoms with E-state index in [2.05, 4.69) is 15.7 Å². The summed E-state index contributed by atoms with van der Waals surface area (Å²) in [4.78, 5) is 25.5. The molecule has 6 heteroatoms. The fraction of sp³-hybridized carbons (Fsp3) is 0.0800. The maximum atomic E-state index is 12.7. The zero-order valence-corrected chi connectivity index (χ0v) is 17.1. The van der Waals surface area contributed by atoms with Crippen LogP contribution in [0.15, 0.2) is 91.3 Å². The molecule has 0 saturated heterocycles. The number of carbonyl (C=O) groups is 2. The standard InChI is InChI=1S/C25H22N4O2/c1-18-7-9-19(10-8-18)17-26-25(31)22-5-2-3-6-23(22)28-24(30)20-11-13-21(14-12-20)29-16-4-15-27-29/h2-16H,17H2,1H3,(H,26,31)(H,28,30). The maximum Gasteiger partial charge on any atom is 0.255 e. The Morgan fingerprint density at radius 2 is 1.61 bits per heavy atom. The fourth-order valence-electron chi connectivity index (χ4n) is 3.16. The number of nitrogens with zero attached hydrogens (tertiary/aromatic N) is 2. The van der Waals surface area contributed by atoms with Gasteiger partial charge in [-0.15, -0.1) is 0 Å². The molecule has 31 heavy (non-hydrogen) atoms. The summed E-state index contributed by atoms with van der Waals surface area (Å²) in [7, 11) is 0. The van der Waals surface area contributed by atoms with Gasteiger partial charge in [0.1, 0.15) is 0 Å². The third kappa shape index (κ3) is 4.87. The van der Waals surface area contributed by atoms with Crippen molar-refractivity contribution in [2.75, 3.05) is 5.32 Å². The molecule has 0 aliphatic heterocycles. The molecule has 0 bridgehead atoms. The molecule has 3 aromatic carbocycles. The van der Waals surface area contributed by atoms with Crippen LogP contribution in [-0.2, 0) is 6.54 Å². The third-order valence-electron chi connectivity index (χ3n) is 4.89. The Labute approximate surface area is 180 Å². The normalized spacial score (nSPS) is 10.5. The van der Waals surface area contributed by atoms with Crippen LogP contribution in [0.1, 0.15) is 31.8 Å². The number of hydrogen-bond acceptors (Lipinski definition) is 3. The van der Waals surface area contributed by atoms with Gasteiger partial charge in [0, 0.05) is 24.5 Å². The van der Waals surface area contributed by atoms with Gasteiger partial charge in [0.15, 0.2) is 0 Å². The summed E-state index contributed by atoms with van der Waals surface area (Å²) >= 11 is 0. The first-order valence-corrected chi connectivity index (χ1v) is 9.94. The predicted octanol–water partition coefficient (Wildman–Crippen LogP) is 4.36. The monoisotopic (exact) mass is 410 g/mol. The van der Waals surface area contributed by atoms with Crippen molar-refractivity contribution in [1.29, 1.82) is 0 Å². The summed E-state index contributed by atoms with van der Waals surface area (Å²) in [5, 5.41) is 9.93. The van der Waals surface area contributed by atoms with Crippen molar-refractivity contribution in [1.82, 2.24) is 15.1 Å². The van der Waals surface area contributed by atoms with Gasteiger partial charge in [-0.2, -0.15) is 5.10 Å². The van der Waals surface area contributed by atoms with Crippen molar-refractivity contribution in [3.8, 4) is 5.69 Å².